The van der Waals surface area contributed by atoms with Crippen LogP contribution in [-0.2, 0) is 5.41 Å². The molecule has 0 aliphatic heterocycles. The highest BCUT2D eigenvalue weighted by Gasteiger charge is 2.33. The van der Waals surface area contributed by atoms with E-state index in [-0.39, 0.29) is 5.41 Å². The van der Waals surface area contributed by atoms with Gasteiger partial charge in [-0.2, -0.15) is 0 Å². The molecule has 0 atom stereocenters. The minimum atomic E-state index is 0.230. The number of hydrogen-bond acceptors (Lipinski definition) is 0. The predicted molar refractivity (Wildman–Crippen MR) is 70.3 cm³/mol. The van der Waals surface area contributed by atoms with Gasteiger partial charge in [-0.15, -0.1) is 0 Å². The van der Waals surface area contributed by atoms with Crippen molar-refractivity contribution in [2.75, 3.05) is 0 Å². The Hall–Kier alpha value is -0.780. The van der Waals surface area contributed by atoms with E-state index in [0.717, 1.165) is 0 Å². The maximum Gasteiger partial charge on any atom is -0.00551 e. The van der Waals surface area contributed by atoms with E-state index >= 15 is 0 Å². The van der Waals surface area contributed by atoms with Crippen molar-refractivity contribution in [3.8, 4) is 0 Å². The number of hydrogen-bond donors (Lipinski definition) is 0. The third kappa shape index (κ3) is 3.37. The van der Waals surface area contributed by atoms with Crippen LogP contribution in [0.1, 0.15) is 54.0 Å². The van der Waals surface area contributed by atoms with Crippen molar-refractivity contribution >= 4 is 0 Å². The van der Waals surface area contributed by atoms with E-state index in [2.05, 4.69) is 65.0 Å². The molecule has 0 nitrogen and oxygen atoms in total. The molecule has 0 spiro atoms. The second-order valence-electron chi connectivity index (χ2n) is 5.24. The van der Waals surface area contributed by atoms with Gasteiger partial charge in [0.25, 0.3) is 0 Å². The second-order valence-corrected chi connectivity index (χ2v) is 5.24. The Morgan fingerprint density at radius 2 is 1.13 bits per heavy atom. The van der Waals surface area contributed by atoms with Crippen LogP contribution in [0.2, 0.25) is 0 Å². The van der Waals surface area contributed by atoms with Crippen molar-refractivity contribution in [2.24, 2.45) is 5.41 Å². The summed E-state index contributed by atoms with van der Waals surface area (Å²) in [6.07, 6.45) is 0. The fourth-order valence-electron chi connectivity index (χ4n) is 1.29. The van der Waals surface area contributed by atoms with E-state index in [1.165, 1.54) is 5.56 Å². The molecule has 0 fully saturated rings. The Bertz CT molecular complexity index is 262. The van der Waals surface area contributed by atoms with Gasteiger partial charge in [0.15, 0.2) is 0 Å². The third-order valence-corrected chi connectivity index (χ3v) is 3.37. The first-order valence-electron chi connectivity index (χ1n) is 5.91. The van der Waals surface area contributed by atoms with Gasteiger partial charge in [-0.25, -0.2) is 0 Å². The summed E-state index contributed by atoms with van der Waals surface area (Å²) in [5.41, 5.74) is 1.95. The number of rotatable bonds is 1. The fraction of sp³-hybridized carbons (Fsp3) is 0.600. The molecule has 1 aromatic carbocycles. The summed E-state index contributed by atoms with van der Waals surface area (Å²) in [5.74, 6) is 0. The Labute approximate surface area is 95.7 Å². The maximum absolute atomic E-state index is 2.31. The molecule has 0 heteroatoms. The van der Waals surface area contributed by atoms with Crippen LogP contribution in [0.25, 0.3) is 0 Å². The Morgan fingerprint density at radius 3 is 1.47 bits per heavy atom. The third-order valence-electron chi connectivity index (χ3n) is 3.37. The highest BCUT2D eigenvalue weighted by molar-refractivity contribution is 5.25. The van der Waals surface area contributed by atoms with Gasteiger partial charge in [-0.3, -0.25) is 0 Å². The molecule has 0 saturated carbocycles. The molecule has 0 aliphatic carbocycles. The lowest BCUT2D eigenvalue weighted by Crippen LogP contribution is -2.33. The molecule has 86 valence electrons. The van der Waals surface area contributed by atoms with Gasteiger partial charge in [-0.05, 0) is 16.4 Å². The summed E-state index contributed by atoms with van der Waals surface area (Å²) in [5, 5.41) is 0. The van der Waals surface area contributed by atoms with Gasteiger partial charge in [0.05, 0.1) is 0 Å². The zero-order valence-electron chi connectivity index (χ0n) is 11.4. The van der Waals surface area contributed by atoms with Crippen LogP contribution in [0.15, 0.2) is 30.3 Å². The van der Waals surface area contributed by atoms with Crippen LogP contribution in [-0.4, -0.2) is 0 Å². The van der Waals surface area contributed by atoms with Gasteiger partial charge < -0.3 is 0 Å². The molecule has 0 aliphatic rings. The Kier molecular flexibility index (Phi) is 5.07. The molecule has 1 aromatic rings. The normalized spacial score (nSPS) is 11.7. The predicted octanol–water partition coefficient (Wildman–Crippen LogP) is 5.04. The van der Waals surface area contributed by atoms with Crippen molar-refractivity contribution in [1.29, 1.82) is 0 Å². The van der Waals surface area contributed by atoms with Gasteiger partial charge in [0, 0.05) is 0 Å². The molecule has 0 N–H and O–H groups in total. The average molecular weight is 206 g/mol. The van der Waals surface area contributed by atoms with Crippen molar-refractivity contribution in [3.05, 3.63) is 35.9 Å². The molecule has 0 unspecified atom stereocenters. The van der Waals surface area contributed by atoms with Crippen LogP contribution < -0.4 is 0 Å². The van der Waals surface area contributed by atoms with E-state index in [1.54, 1.807) is 0 Å². The van der Waals surface area contributed by atoms with Crippen LogP contribution in [0.3, 0.4) is 0 Å². The monoisotopic (exact) mass is 206 g/mol. The number of benzene rings is 1. The molecular weight excluding hydrogens is 180 g/mol. The summed E-state index contributed by atoms with van der Waals surface area (Å²) in [6, 6.07) is 10.7. The molecule has 0 heterocycles. The molecular formula is C15H26. The Morgan fingerprint density at radius 1 is 0.733 bits per heavy atom. The highest BCUT2D eigenvalue weighted by Crippen LogP contribution is 2.40. The first-order valence-corrected chi connectivity index (χ1v) is 5.91. The van der Waals surface area contributed by atoms with Gasteiger partial charge in [0.2, 0.25) is 0 Å². The zero-order chi connectivity index (χ0) is 12.1. The van der Waals surface area contributed by atoms with E-state index in [9.17, 15) is 0 Å². The molecule has 0 radical (unpaired) electrons. The van der Waals surface area contributed by atoms with E-state index in [0.29, 0.717) is 5.41 Å². The molecule has 0 aromatic heterocycles. The van der Waals surface area contributed by atoms with Gasteiger partial charge >= 0.3 is 0 Å². The summed E-state index contributed by atoms with van der Waals surface area (Å²) < 4.78 is 0. The quantitative estimate of drug-likeness (QED) is 0.604. The van der Waals surface area contributed by atoms with E-state index in [1.807, 2.05) is 13.8 Å². The zero-order valence-corrected chi connectivity index (χ0v) is 11.4. The SMILES string of the molecule is CC.CC(C)(C)C(C)(C)c1ccccc1. The molecule has 0 amide bonds. The van der Waals surface area contributed by atoms with E-state index in [4.69, 9.17) is 0 Å². The summed E-state index contributed by atoms with van der Waals surface area (Å²) in [7, 11) is 0. The lowest BCUT2D eigenvalue weighted by atomic mass is 9.65. The van der Waals surface area contributed by atoms with Crippen molar-refractivity contribution in [1.82, 2.24) is 0 Å². The largest absolute Gasteiger partial charge is 0.0683 e. The van der Waals surface area contributed by atoms with Crippen LogP contribution >= 0.6 is 0 Å². The van der Waals surface area contributed by atoms with Crippen molar-refractivity contribution in [3.63, 3.8) is 0 Å². The molecule has 1 rings (SSSR count). The lowest BCUT2D eigenvalue weighted by Gasteiger charge is -2.39. The second kappa shape index (κ2) is 5.34. The Balaban J connectivity index is 0.000000921. The first kappa shape index (κ1) is 14.2. The summed E-state index contributed by atoms with van der Waals surface area (Å²) >= 11 is 0. The summed E-state index contributed by atoms with van der Waals surface area (Å²) in [6.45, 7) is 15.5. The molecule has 0 bridgehead atoms. The first-order chi connectivity index (χ1) is 6.86. The van der Waals surface area contributed by atoms with Crippen LogP contribution in [0.4, 0.5) is 0 Å². The lowest BCUT2D eigenvalue weighted by molar-refractivity contribution is 0.225. The maximum atomic E-state index is 2.31. The minimum absolute atomic E-state index is 0.230. The highest BCUT2D eigenvalue weighted by atomic mass is 14.4. The average Bonchev–Trinajstić information content (AvgIpc) is 2.20. The smallest absolute Gasteiger partial charge is 0.00551 e. The van der Waals surface area contributed by atoms with Gasteiger partial charge in [-0.1, -0.05) is 78.8 Å². The van der Waals surface area contributed by atoms with Crippen LogP contribution in [0, 0.1) is 5.41 Å². The fourth-order valence-corrected chi connectivity index (χ4v) is 1.29. The topological polar surface area (TPSA) is 0 Å². The van der Waals surface area contributed by atoms with Gasteiger partial charge in [0.1, 0.15) is 0 Å². The van der Waals surface area contributed by atoms with Crippen molar-refractivity contribution in [2.45, 2.75) is 53.9 Å². The summed E-state index contributed by atoms with van der Waals surface area (Å²) in [4.78, 5) is 0. The molecule has 0 saturated heterocycles. The molecule has 15 heavy (non-hydrogen) atoms. The van der Waals surface area contributed by atoms with Crippen molar-refractivity contribution < 1.29 is 0 Å². The minimum Gasteiger partial charge on any atom is -0.0683 e. The standard InChI is InChI=1S/C13H20.C2H6/c1-12(2,3)13(4,5)11-9-7-6-8-10-11;1-2/h6-10H,1-5H3;1-2H3. The van der Waals surface area contributed by atoms with Crippen LogP contribution in [0.5, 0.6) is 0 Å². The van der Waals surface area contributed by atoms with E-state index < -0.39 is 0 Å².